The molecule has 0 heterocycles. The summed E-state index contributed by atoms with van der Waals surface area (Å²) in [5.41, 5.74) is -2.25. The van der Waals surface area contributed by atoms with Gasteiger partial charge in [-0.2, -0.15) is 8.42 Å². The summed E-state index contributed by atoms with van der Waals surface area (Å²) in [7, 11) is -5.18. The number of aliphatic carboxylic acids is 2. The van der Waals surface area contributed by atoms with E-state index in [1.807, 2.05) is 0 Å². The number of hydrogen-bond donors (Lipinski definition) is 1. The van der Waals surface area contributed by atoms with Gasteiger partial charge in [0.1, 0.15) is 5.25 Å². The summed E-state index contributed by atoms with van der Waals surface area (Å²) in [6.45, 7) is 6.46. The van der Waals surface area contributed by atoms with E-state index in [0.717, 1.165) is 0 Å². The van der Waals surface area contributed by atoms with E-state index in [1.165, 1.54) is 13.8 Å². The Kier molecular flexibility index (Phi) is 15.1. The molecule has 0 bridgehead atoms. The maximum Gasteiger partial charge on any atom is 1.00 e. The molecule has 130 valence electrons. The molecule has 0 aliphatic carbocycles. The van der Waals surface area contributed by atoms with E-state index in [0.29, 0.717) is 12.8 Å². The molecule has 0 fully saturated rings. The number of rotatable bonds is 10. The van der Waals surface area contributed by atoms with E-state index in [-0.39, 0.29) is 72.0 Å². The van der Waals surface area contributed by atoms with Gasteiger partial charge >= 0.3 is 59.1 Å². The SMILES string of the molecule is CCCC(C)C(C(=O)[O-])(C(C)CCC)C(C(=O)[O-])S(=O)(=O)O.[Na+].[Na+]. The van der Waals surface area contributed by atoms with Crippen molar-refractivity contribution in [3.05, 3.63) is 0 Å². The Morgan fingerprint density at radius 1 is 1.00 bits per heavy atom. The molecule has 0 aromatic rings. The summed E-state index contributed by atoms with van der Waals surface area (Å²) in [6.07, 6.45) is 1.61. The Hall–Kier alpha value is 0.850. The second-order valence-corrected chi connectivity index (χ2v) is 7.32. The van der Waals surface area contributed by atoms with Crippen molar-refractivity contribution >= 4 is 22.1 Å². The van der Waals surface area contributed by atoms with Gasteiger partial charge in [0, 0.05) is 11.4 Å². The van der Waals surface area contributed by atoms with Crippen LogP contribution in [0.4, 0.5) is 0 Å². The summed E-state index contributed by atoms with van der Waals surface area (Å²) in [6, 6.07) is 0. The fraction of sp³-hybridized carbons (Fsp3) is 0.857. The van der Waals surface area contributed by atoms with Crippen molar-refractivity contribution in [3.8, 4) is 0 Å². The molecule has 0 radical (unpaired) electrons. The maximum absolute atomic E-state index is 11.9. The van der Waals surface area contributed by atoms with Crippen molar-refractivity contribution in [2.75, 3.05) is 0 Å². The largest absolute Gasteiger partial charge is 1.00 e. The van der Waals surface area contributed by atoms with Crippen LogP contribution in [-0.2, 0) is 19.7 Å². The summed E-state index contributed by atoms with van der Waals surface area (Å²) in [5.74, 6) is -5.57. The van der Waals surface area contributed by atoms with Crippen molar-refractivity contribution in [2.24, 2.45) is 17.3 Å². The molecule has 0 rings (SSSR count). The molecule has 0 saturated carbocycles. The number of carbonyl (C=O) groups is 2. The first-order chi connectivity index (χ1) is 9.97. The topological polar surface area (TPSA) is 135 Å². The second-order valence-electron chi connectivity index (χ2n) is 5.81. The molecular weight excluding hydrogens is 358 g/mol. The van der Waals surface area contributed by atoms with E-state index in [9.17, 15) is 32.8 Å². The molecule has 0 aromatic heterocycles. The van der Waals surface area contributed by atoms with Gasteiger partial charge in [-0.15, -0.1) is 0 Å². The molecule has 10 heteroatoms. The number of carboxylic acid groups (broad SMARTS) is 2. The minimum Gasteiger partial charge on any atom is -0.549 e. The monoisotopic (exact) mass is 382 g/mol. The third-order valence-electron chi connectivity index (χ3n) is 4.37. The first-order valence-electron chi connectivity index (χ1n) is 7.36. The van der Waals surface area contributed by atoms with Gasteiger partial charge in [0.05, 0.1) is 5.97 Å². The number of carboxylic acids is 2. The summed E-state index contributed by atoms with van der Waals surface area (Å²) >= 11 is 0. The van der Waals surface area contributed by atoms with E-state index in [1.54, 1.807) is 13.8 Å². The van der Waals surface area contributed by atoms with Crippen LogP contribution in [0.15, 0.2) is 0 Å². The average Bonchev–Trinajstić information content (AvgIpc) is 2.33. The fourth-order valence-corrected chi connectivity index (χ4v) is 4.72. The van der Waals surface area contributed by atoms with Crippen LogP contribution in [0.25, 0.3) is 0 Å². The standard InChI is InChI=1S/C14H26O7S.2Na/c1-5-7-9(3)14(13(17)18,10(4)8-6-2)11(12(15)16)22(19,20)21;;/h9-11H,5-8H2,1-4H3,(H,15,16)(H,17,18)(H,19,20,21);;/q;2*+1/p-2. The summed E-state index contributed by atoms with van der Waals surface area (Å²) < 4.78 is 32.5. The Bertz CT molecular complexity index is 495. The van der Waals surface area contributed by atoms with Gasteiger partial charge in [-0.05, 0) is 11.8 Å². The molecule has 0 aliphatic heterocycles. The predicted octanol–water partition coefficient (Wildman–Crippen LogP) is -6.39. The van der Waals surface area contributed by atoms with Crippen molar-refractivity contribution in [3.63, 3.8) is 0 Å². The fourth-order valence-electron chi connectivity index (χ4n) is 3.42. The van der Waals surface area contributed by atoms with Gasteiger partial charge < -0.3 is 19.8 Å². The Morgan fingerprint density at radius 2 is 1.33 bits per heavy atom. The van der Waals surface area contributed by atoms with E-state index in [4.69, 9.17) is 0 Å². The van der Waals surface area contributed by atoms with Gasteiger partial charge in [0.15, 0.2) is 0 Å². The minimum atomic E-state index is -5.18. The molecular formula is C14H24Na2O7S. The molecule has 0 aliphatic rings. The van der Waals surface area contributed by atoms with E-state index >= 15 is 0 Å². The normalized spacial score (nSPS) is 17.4. The van der Waals surface area contributed by atoms with E-state index < -0.39 is 44.6 Å². The van der Waals surface area contributed by atoms with Crippen molar-refractivity contribution < 1.29 is 91.9 Å². The summed E-state index contributed by atoms with van der Waals surface area (Å²) in [5, 5.41) is 20.7. The molecule has 1 N–H and O–H groups in total. The third kappa shape index (κ3) is 6.54. The first kappa shape index (κ1) is 29.6. The van der Waals surface area contributed by atoms with Gasteiger partial charge in [0.2, 0.25) is 0 Å². The Labute approximate surface area is 188 Å². The van der Waals surface area contributed by atoms with Crippen LogP contribution in [0.5, 0.6) is 0 Å². The molecule has 0 saturated heterocycles. The van der Waals surface area contributed by atoms with Crippen LogP contribution in [-0.4, -0.2) is 30.2 Å². The zero-order valence-corrected chi connectivity index (χ0v) is 20.2. The van der Waals surface area contributed by atoms with Crippen LogP contribution in [0.1, 0.15) is 53.4 Å². The van der Waals surface area contributed by atoms with Crippen molar-refractivity contribution in [1.82, 2.24) is 0 Å². The van der Waals surface area contributed by atoms with Crippen LogP contribution in [0.3, 0.4) is 0 Å². The van der Waals surface area contributed by atoms with Crippen molar-refractivity contribution in [2.45, 2.75) is 58.6 Å². The molecule has 0 aromatic carbocycles. The number of hydrogen-bond acceptors (Lipinski definition) is 6. The Morgan fingerprint density at radius 3 is 1.50 bits per heavy atom. The molecule has 24 heavy (non-hydrogen) atoms. The number of carbonyl (C=O) groups excluding carboxylic acids is 2. The first-order valence-corrected chi connectivity index (χ1v) is 8.86. The van der Waals surface area contributed by atoms with Gasteiger partial charge in [-0.3, -0.25) is 4.55 Å². The molecule has 3 atom stereocenters. The molecule has 0 spiro atoms. The zero-order valence-electron chi connectivity index (χ0n) is 15.4. The summed E-state index contributed by atoms with van der Waals surface area (Å²) in [4.78, 5) is 23.2. The van der Waals surface area contributed by atoms with Crippen LogP contribution in [0.2, 0.25) is 0 Å². The van der Waals surface area contributed by atoms with Gasteiger partial charge in [0.25, 0.3) is 10.1 Å². The predicted molar refractivity (Wildman–Crippen MR) is 75.9 cm³/mol. The van der Waals surface area contributed by atoms with Gasteiger partial charge in [-0.25, -0.2) is 0 Å². The smallest absolute Gasteiger partial charge is 0.549 e. The quantitative estimate of drug-likeness (QED) is 0.293. The maximum atomic E-state index is 11.9. The Balaban J connectivity index is -0.00000220. The van der Waals surface area contributed by atoms with Gasteiger partial charge in [-0.1, -0.05) is 53.4 Å². The second kappa shape index (κ2) is 12.3. The van der Waals surface area contributed by atoms with Crippen LogP contribution in [0, 0.1) is 17.3 Å². The molecule has 0 amide bonds. The third-order valence-corrected chi connectivity index (χ3v) is 5.55. The molecule has 3 unspecified atom stereocenters. The van der Waals surface area contributed by atoms with Crippen molar-refractivity contribution in [1.29, 1.82) is 0 Å². The van der Waals surface area contributed by atoms with Crippen LogP contribution >= 0.6 is 0 Å². The molecule has 7 nitrogen and oxygen atoms in total. The minimum absolute atomic E-state index is 0. The average molecular weight is 382 g/mol. The van der Waals surface area contributed by atoms with E-state index in [2.05, 4.69) is 0 Å². The zero-order chi connectivity index (χ0) is 17.7. The van der Waals surface area contributed by atoms with Crippen LogP contribution < -0.4 is 69.3 Å².